The van der Waals surface area contributed by atoms with Crippen LogP contribution in [0.4, 0.5) is 74.6 Å². The monoisotopic (exact) mass is 783 g/mol. The number of aryl methyl sites for hydroxylation is 3. The summed E-state index contributed by atoms with van der Waals surface area (Å²) < 4.78 is 236. The van der Waals surface area contributed by atoms with Gasteiger partial charge < -0.3 is 4.74 Å². The molecule has 24 heteroatoms. The van der Waals surface area contributed by atoms with Crippen molar-refractivity contribution in [2.45, 2.75) is 81.1 Å². The highest BCUT2D eigenvalue weighted by molar-refractivity contribution is 7.18. The number of halogens is 17. The van der Waals surface area contributed by atoms with Gasteiger partial charge in [0.05, 0.1) is 11.6 Å². The van der Waals surface area contributed by atoms with E-state index in [0.29, 0.717) is 27.5 Å². The molecule has 0 aliphatic carbocycles. The minimum absolute atomic E-state index is 0.0000337. The lowest BCUT2D eigenvalue weighted by atomic mass is 9.88. The van der Waals surface area contributed by atoms with Gasteiger partial charge in [0.25, 0.3) is 0 Å². The van der Waals surface area contributed by atoms with Crippen molar-refractivity contribution in [3.63, 3.8) is 0 Å². The molecule has 1 aromatic carbocycles. The molecule has 3 aromatic heterocycles. The number of hydrogen-bond donors (Lipinski definition) is 0. The second kappa shape index (κ2) is 12.6. The predicted octanol–water partition coefficient (Wildman–Crippen LogP) is 9.55. The van der Waals surface area contributed by atoms with E-state index in [9.17, 15) is 74.6 Å². The van der Waals surface area contributed by atoms with Crippen molar-refractivity contribution in [2.75, 3.05) is 0 Å². The Labute approximate surface area is 277 Å². The Morgan fingerprint density at radius 1 is 0.686 bits per heavy atom. The van der Waals surface area contributed by atoms with Crippen molar-refractivity contribution in [3.05, 3.63) is 52.7 Å². The molecular weight excluding hydrogens is 765 g/mol. The second-order valence-corrected chi connectivity index (χ2v) is 12.0. The van der Waals surface area contributed by atoms with E-state index in [1.807, 2.05) is 0 Å². The van der Waals surface area contributed by atoms with Gasteiger partial charge in [-0.25, -0.2) is 4.98 Å². The van der Waals surface area contributed by atoms with Crippen LogP contribution in [-0.2, 0) is 13.2 Å². The van der Waals surface area contributed by atoms with Crippen molar-refractivity contribution < 1.29 is 79.4 Å². The minimum atomic E-state index is -8.68. The fraction of sp³-hybridized carbons (Fsp3) is 0.481. The molecule has 282 valence electrons. The largest absolute Gasteiger partial charge is 0.470 e. The van der Waals surface area contributed by atoms with Gasteiger partial charge in [0.15, 0.2) is 5.82 Å². The van der Waals surface area contributed by atoms with Crippen LogP contribution in [0.3, 0.4) is 0 Å². The fourth-order valence-corrected chi connectivity index (χ4v) is 5.32. The number of nitrogens with zero attached hydrogens (tertiary/aromatic N) is 5. The Balaban J connectivity index is 1.53. The molecule has 0 aliphatic rings. The van der Waals surface area contributed by atoms with Crippen LogP contribution in [0.25, 0.3) is 21.6 Å². The molecule has 0 N–H and O–H groups in total. The Morgan fingerprint density at radius 2 is 1.22 bits per heavy atom. The quantitative estimate of drug-likeness (QED) is 0.127. The molecule has 0 unspecified atom stereocenters. The minimum Gasteiger partial charge on any atom is -0.470 e. The summed E-state index contributed by atoms with van der Waals surface area (Å²) in [5.41, 5.74) is 1.04. The third-order valence-corrected chi connectivity index (χ3v) is 8.51. The molecule has 0 atom stereocenters. The summed E-state index contributed by atoms with van der Waals surface area (Å²) in [4.78, 5) is 10.2. The third kappa shape index (κ3) is 6.29. The van der Waals surface area contributed by atoms with Crippen molar-refractivity contribution in [3.8, 4) is 17.3 Å². The zero-order valence-electron chi connectivity index (χ0n) is 25.1. The van der Waals surface area contributed by atoms with Crippen LogP contribution in [0.5, 0.6) is 5.88 Å². The first-order valence-corrected chi connectivity index (χ1v) is 14.4. The van der Waals surface area contributed by atoms with E-state index in [0.717, 1.165) is 4.88 Å². The highest BCUT2D eigenvalue weighted by Crippen LogP contribution is 2.64. The van der Waals surface area contributed by atoms with Crippen LogP contribution < -0.4 is 4.74 Å². The Hall–Kier alpha value is -3.99. The van der Waals surface area contributed by atoms with Gasteiger partial charge in [0.2, 0.25) is 5.88 Å². The Kier molecular flexibility index (Phi) is 9.83. The summed E-state index contributed by atoms with van der Waals surface area (Å²) in [7, 11) is 0. The Morgan fingerprint density at radius 3 is 1.76 bits per heavy atom. The van der Waals surface area contributed by atoms with E-state index in [2.05, 4.69) is 20.3 Å². The number of hydrogen-bond acceptors (Lipinski definition) is 6. The van der Waals surface area contributed by atoms with Crippen molar-refractivity contribution >= 4 is 21.6 Å². The van der Waals surface area contributed by atoms with Gasteiger partial charge in [-0.2, -0.15) is 79.6 Å². The maximum atomic E-state index is 14.3. The van der Waals surface area contributed by atoms with Gasteiger partial charge in [-0.05, 0) is 19.4 Å². The van der Waals surface area contributed by atoms with Gasteiger partial charge in [0, 0.05) is 23.4 Å². The van der Waals surface area contributed by atoms with Gasteiger partial charge in [-0.15, -0.1) is 16.4 Å². The maximum Gasteiger partial charge on any atom is 0.460 e. The summed E-state index contributed by atoms with van der Waals surface area (Å²) in [6.45, 7) is 1.32. The first kappa shape index (κ1) is 39.8. The molecule has 0 saturated carbocycles. The molecule has 0 spiro atoms. The molecule has 3 heterocycles. The number of thiophene rings is 1. The molecule has 0 saturated heterocycles. The number of benzene rings is 1. The van der Waals surface area contributed by atoms with E-state index >= 15 is 0 Å². The van der Waals surface area contributed by atoms with Crippen LogP contribution in [0.15, 0.2) is 36.5 Å². The number of rotatable bonds is 13. The first-order valence-electron chi connectivity index (χ1n) is 13.6. The SMILES string of the molecule is Cc1sc2nc(-c3ccccc3)nc(OCc3cn(CCC(F)(F)C(F)(F)C(F)(F)C(F)(F)C(F)(F)C(F)(F)C(F)(F)C(F)(F)F)nn3)c2c1C. The zero-order valence-corrected chi connectivity index (χ0v) is 25.9. The summed E-state index contributed by atoms with van der Waals surface area (Å²) >= 11 is 1.29. The average Bonchev–Trinajstić information content (AvgIpc) is 3.61. The lowest BCUT2D eigenvalue weighted by Gasteiger charge is -2.42. The molecule has 0 amide bonds. The molecule has 51 heavy (non-hydrogen) atoms. The van der Waals surface area contributed by atoms with Crippen LogP contribution in [-0.4, -0.2) is 72.6 Å². The Bertz CT molecular complexity index is 1870. The summed E-state index contributed by atoms with van der Waals surface area (Å²) in [5.74, 6) is -56.5. The number of aromatic nitrogens is 5. The fourth-order valence-electron chi connectivity index (χ4n) is 4.30. The van der Waals surface area contributed by atoms with E-state index in [1.54, 1.807) is 44.2 Å². The number of fused-ring (bicyclic) bond motifs is 1. The lowest BCUT2D eigenvalue weighted by Crippen LogP contribution is -2.74. The van der Waals surface area contributed by atoms with E-state index in [4.69, 9.17) is 4.74 Å². The van der Waals surface area contributed by atoms with Gasteiger partial charge in [0.1, 0.15) is 17.1 Å². The average molecular weight is 784 g/mol. The number of alkyl halides is 17. The van der Waals surface area contributed by atoms with E-state index in [-0.39, 0.29) is 22.1 Å². The third-order valence-electron chi connectivity index (χ3n) is 7.41. The van der Waals surface area contributed by atoms with E-state index in [1.165, 1.54) is 11.3 Å². The van der Waals surface area contributed by atoms with Crippen LogP contribution in [0.1, 0.15) is 22.6 Å². The first-order chi connectivity index (χ1) is 23.0. The van der Waals surface area contributed by atoms with Crippen LogP contribution in [0, 0.1) is 13.8 Å². The molecule has 6 nitrogen and oxygen atoms in total. The molecule has 0 fully saturated rings. The number of ether oxygens (including phenoxy) is 1. The van der Waals surface area contributed by atoms with Crippen molar-refractivity contribution in [1.29, 1.82) is 0 Å². The van der Waals surface area contributed by atoms with Gasteiger partial charge in [-0.3, -0.25) is 4.68 Å². The summed E-state index contributed by atoms with van der Waals surface area (Å²) in [5, 5.41) is 7.17. The normalized spacial score (nSPS) is 14.4. The van der Waals surface area contributed by atoms with Crippen molar-refractivity contribution in [2.24, 2.45) is 0 Å². The highest BCUT2D eigenvalue weighted by atomic mass is 32.1. The molecule has 0 aliphatic heterocycles. The van der Waals surface area contributed by atoms with Gasteiger partial charge >= 0.3 is 47.6 Å². The molecule has 4 aromatic rings. The molecule has 4 rings (SSSR count). The van der Waals surface area contributed by atoms with Gasteiger partial charge in [-0.1, -0.05) is 35.5 Å². The maximum absolute atomic E-state index is 14.3. The summed E-state index contributed by atoms with van der Waals surface area (Å²) in [6.07, 6.45) is -9.79. The van der Waals surface area contributed by atoms with Crippen molar-refractivity contribution in [1.82, 2.24) is 25.0 Å². The molecule has 0 radical (unpaired) electrons. The molecular formula is C27H18F17N5OS. The lowest BCUT2D eigenvalue weighted by molar-refractivity contribution is -0.461. The van der Waals surface area contributed by atoms with Crippen LogP contribution >= 0.6 is 11.3 Å². The van der Waals surface area contributed by atoms with E-state index < -0.39 is 67.2 Å². The predicted molar refractivity (Wildman–Crippen MR) is 142 cm³/mol. The summed E-state index contributed by atoms with van der Waals surface area (Å²) in [6, 6.07) is 8.51. The zero-order chi connectivity index (χ0) is 38.8. The molecule has 0 bridgehead atoms. The smallest absolute Gasteiger partial charge is 0.460 e. The second-order valence-electron chi connectivity index (χ2n) is 10.8. The van der Waals surface area contributed by atoms with Crippen LogP contribution in [0.2, 0.25) is 0 Å². The highest BCUT2D eigenvalue weighted by Gasteiger charge is 2.95. The topological polar surface area (TPSA) is 65.7 Å². The standard InChI is InChI=1S/C27H18F17N5OS/c1-12-13(2)51-19-16(12)18(45-17(46-19)14-6-4-3-5-7-14)50-11-15-10-49(48-47-15)9-8-20(28,29)21(30,31)22(32,33)23(34,35)24(36,37)25(38,39)26(40,41)27(42,43)44/h3-7,10H,8-9,11H2,1-2H3.